The lowest BCUT2D eigenvalue weighted by molar-refractivity contribution is 0.102. The van der Waals surface area contributed by atoms with Gasteiger partial charge in [0.05, 0.1) is 6.10 Å². The van der Waals surface area contributed by atoms with Crippen molar-refractivity contribution in [2.45, 2.75) is 45.3 Å². The lowest BCUT2D eigenvalue weighted by atomic mass is 9.84. The van der Waals surface area contributed by atoms with Gasteiger partial charge in [0.2, 0.25) is 0 Å². The third-order valence-electron chi connectivity index (χ3n) is 4.64. The van der Waals surface area contributed by atoms with E-state index in [0.717, 1.165) is 35.8 Å². The number of hydrogen-bond donors (Lipinski definition) is 1. The summed E-state index contributed by atoms with van der Waals surface area (Å²) >= 11 is 1.48. The van der Waals surface area contributed by atoms with Crippen LogP contribution in [0.25, 0.3) is 0 Å². The Morgan fingerprint density at radius 1 is 1.33 bits per heavy atom. The SMILES string of the molecule is CC(C)Oc1c(N)nsc1N1CCC2C(CCCN2C)C1. The third kappa shape index (κ3) is 2.97. The van der Waals surface area contributed by atoms with Gasteiger partial charge in [0.25, 0.3) is 0 Å². The highest BCUT2D eigenvalue weighted by atomic mass is 32.1. The van der Waals surface area contributed by atoms with E-state index in [0.29, 0.717) is 5.82 Å². The molecule has 2 N–H and O–H groups in total. The quantitative estimate of drug-likeness (QED) is 0.929. The van der Waals surface area contributed by atoms with Gasteiger partial charge in [0.15, 0.2) is 16.6 Å². The van der Waals surface area contributed by atoms with Crippen LogP contribution in [0.4, 0.5) is 10.8 Å². The van der Waals surface area contributed by atoms with Crippen molar-refractivity contribution in [1.82, 2.24) is 9.27 Å². The third-order valence-corrected chi connectivity index (χ3v) is 5.55. The number of nitrogens with two attached hydrogens (primary N) is 1. The summed E-state index contributed by atoms with van der Waals surface area (Å²) in [6, 6.07) is 0.745. The Morgan fingerprint density at radius 2 is 2.14 bits per heavy atom. The maximum Gasteiger partial charge on any atom is 0.198 e. The van der Waals surface area contributed by atoms with Gasteiger partial charge in [-0.05, 0) is 64.2 Å². The molecule has 2 unspecified atom stereocenters. The Labute approximate surface area is 131 Å². The molecule has 5 nitrogen and oxygen atoms in total. The summed E-state index contributed by atoms with van der Waals surface area (Å²) in [4.78, 5) is 4.98. The van der Waals surface area contributed by atoms with Crippen molar-refractivity contribution in [2.75, 3.05) is 37.3 Å². The van der Waals surface area contributed by atoms with Crippen LogP contribution in [0.1, 0.15) is 33.1 Å². The van der Waals surface area contributed by atoms with E-state index in [1.807, 2.05) is 13.8 Å². The second-order valence-corrected chi connectivity index (χ2v) is 7.31. The van der Waals surface area contributed by atoms with E-state index in [1.54, 1.807) is 0 Å². The fraction of sp³-hybridized carbons (Fsp3) is 0.800. The molecule has 0 saturated carbocycles. The van der Waals surface area contributed by atoms with Crippen LogP contribution in [0.3, 0.4) is 0 Å². The van der Waals surface area contributed by atoms with Crippen molar-refractivity contribution in [3.8, 4) is 5.75 Å². The fourth-order valence-electron chi connectivity index (χ4n) is 3.67. The average Bonchev–Trinajstić information content (AvgIpc) is 2.80. The fourth-order valence-corrected chi connectivity index (χ4v) is 4.45. The van der Waals surface area contributed by atoms with E-state index >= 15 is 0 Å². The van der Waals surface area contributed by atoms with Crippen molar-refractivity contribution >= 4 is 22.4 Å². The zero-order valence-electron chi connectivity index (χ0n) is 13.2. The first kappa shape index (κ1) is 14.9. The molecule has 3 heterocycles. The van der Waals surface area contributed by atoms with Crippen LogP contribution >= 0.6 is 11.5 Å². The van der Waals surface area contributed by atoms with Gasteiger partial charge in [-0.25, -0.2) is 0 Å². The van der Waals surface area contributed by atoms with Crippen LogP contribution in [-0.4, -0.2) is 48.1 Å². The number of nitrogen functional groups attached to an aromatic ring is 1. The lowest BCUT2D eigenvalue weighted by Crippen LogP contribution is -2.52. The highest BCUT2D eigenvalue weighted by molar-refractivity contribution is 7.11. The summed E-state index contributed by atoms with van der Waals surface area (Å²) in [5, 5.41) is 1.12. The van der Waals surface area contributed by atoms with E-state index in [9.17, 15) is 0 Å². The molecule has 3 rings (SSSR count). The van der Waals surface area contributed by atoms with Gasteiger partial charge in [0.1, 0.15) is 0 Å². The van der Waals surface area contributed by atoms with E-state index in [4.69, 9.17) is 10.5 Å². The van der Waals surface area contributed by atoms with Crippen LogP contribution in [-0.2, 0) is 0 Å². The van der Waals surface area contributed by atoms with Crippen molar-refractivity contribution in [3.05, 3.63) is 0 Å². The van der Waals surface area contributed by atoms with Crippen molar-refractivity contribution in [2.24, 2.45) is 5.92 Å². The molecule has 2 fully saturated rings. The number of aromatic nitrogens is 1. The second kappa shape index (κ2) is 6.01. The maximum absolute atomic E-state index is 5.99. The minimum atomic E-state index is 0.126. The molecule has 0 amide bonds. The van der Waals surface area contributed by atoms with Crippen LogP contribution < -0.4 is 15.4 Å². The molecule has 1 aromatic heterocycles. The van der Waals surface area contributed by atoms with Crippen LogP contribution in [0, 0.1) is 5.92 Å². The summed E-state index contributed by atoms with van der Waals surface area (Å²) in [6.07, 6.45) is 3.99. The summed E-state index contributed by atoms with van der Waals surface area (Å²) in [6.45, 7) is 7.48. The van der Waals surface area contributed by atoms with Gasteiger partial charge >= 0.3 is 0 Å². The normalized spacial score (nSPS) is 27.0. The summed E-state index contributed by atoms with van der Waals surface area (Å²) in [5.41, 5.74) is 5.99. The predicted molar refractivity (Wildman–Crippen MR) is 88.3 cm³/mol. The molecule has 0 bridgehead atoms. The van der Waals surface area contributed by atoms with Gasteiger partial charge in [-0.3, -0.25) is 0 Å². The van der Waals surface area contributed by atoms with E-state index < -0.39 is 0 Å². The summed E-state index contributed by atoms with van der Waals surface area (Å²) < 4.78 is 10.2. The molecule has 2 aliphatic rings. The Hall–Kier alpha value is -1.01. The van der Waals surface area contributed by atoms with E-state index in [1.165, 1.54) is 37.3 Å². The van der Waals surface area contributed by atoms with E-state index in [2.05, 4.69) is 21.2 Å². The van der Waals surface area contributed by atoms with Crippen molar-refractivity contribution in [1.29, 1.82) is 0 Å². The molecule has 21 heavy (non-hydrogen) atoms. The number of likely N-dealkylation sites (tertiary alicyclic amines) is 1. The number of anilines is 2. The Kier molecular flexibility index (Phi) is 4.26. The molecule has 2 saturated heterocycles. The van der Waals surface area contributed by atoms with Crippen LogP contribution in [0.5, 0.6) is 5.75 Å². The van der Waals surface area contributed by atoms with Gasteiger partial charge in [-0.2, -0.15) is 4.37 Å². The van der Waals surface area contributed by atoms with Crippen LogP contribution in [0.2, 0.25) is 0 Å². The standard InChI is InChI=1S/C15H26N4OS/c1-10(2)20-13-14(16)17-21-15(13)19-8-6-12-11(9-19)5-4-7-18(12)3/h10-12H,4-9H2,1-3H3,(H2,16,17). The molecule has 2 atom stereocenters. The van der Waals surface area contributed by atoms with Gasteiger partial charge in [-0.1, -0.05) is 0 Å². The molecule has 2 aliphatic heterocycles. The molecule has 118 valence electrons. The number of ether oxygens (including phenoxy) is 1. The molecular formula is C15H26N4OS. The second-order valence-electron chi connectivity index (χ2n) is 6.55. The molecule has 0 radical (unpaired) electrons. The zero-order chi connectivity index (χ0) is 15.0. The molecule has 0 aliphatic carbocycles. The Morgan fingerprint density at radius 3 is 2.90 bits per heavy atom. The van der Waals surface area contributed by atoms with Crippen LogP contribution in [0.15, 0.2) is 0 Å². The van der Waals surface area contributed by atoms with Gasteiger partial charge in [-0.15, -0.1) is 0 Å². The van der Waals surface area contributed by atoms with E-state index in [-0.39, 0.29) is 6.10 Å². The van der Waals surface area contributed by atoms with Gasteiger partial charge in [0, 0.05) is 19.1 Å². The highest BCUT2D eigenvalue weighted by Crippen LogP contribution is 2.42. The Balaban J connectivity index is 1.76. The maximum atomic E-state index is 5.99. The predicted octanol–water partition coefficient (Wildman–Crippen LogP) is 2.43. The molecule has 6 heteroatoms. The summed E-state index contributed by atoms with van der Waals surface area (Å²) in [7, 11) is 2.27. The number of fused-ring (bicyclic) bond motifs is 1. The summed E-state index contributed by atoms with van der Waals surface area (Å²) in [5.74, 6) is 2.08. The number of hydrogen-bond acceptors (Lipinski definition) is 6. The first-order valence-electron chi connectivity index (χ1n) is 7.93. The van der Waals surface area contributed by atoms with Gasteiger partial charge < -0.3 is 20.3 Å². The number of piperidine rings is 2. The Bertz CT molecular complexity index is 490. The number of rotatable bonds is 3. The minimum absolute atomic E-state index is 0.126. The topological polar surface area (TPSA) is 54.6 Å². The number of nitrogens with zero attached hydrogens (tertiary/aromatic N) is 3. The van der Waals surface area contributed by atoms with Crippen molar-refractivity contribution in [3.63, 3.8) is 0 Å². The minimum Gasteiger partial charge on any atom is -0.484 e. The first-order valence-corrected chi connectivity index (χ1v) is 8.70. The zero-order valence-corrected chi connectivity index (χ0v) is 14.0. The molecular weight excluding hydrogens is 284 g/mol. The highest BCUT2D eigenvalue weighted by Gasteiger charge is 2.36. The first-order chi connectivity index (χ1) is 10.1. The molecule has 0 aromatic carbocycles. The van der Waals surface area contributed by atoms with Crippen molar-refractivity contribution < 1.29 is 4.74 Å². The smallest absolute Gasteiger partial charge is 0.198 e. The lowest BCUT2D eigenvalue weighted by Gasteiger charge is -2.46. The average molecular weight is 310 g/mol. The monoisotopic (exact) mass is 310 g/mol. The molecule has 1 aromatic rings. The molecule has 0 spiro atoms. The largest absolute Gasteiger partial charge is 0.484 e.